The number of piperidine rings is 1. The summed E-state index contributed by atoms with van der Waals surface area (Å²) in [5.41, 5.74) is 0.0656. The molecule has 0 aromatic carbocycles. The van der Waals surface area contributed by atoms with Crippen LogP contribution >= 0.6 is 0 Å². The highest BCUT2D eigenvalue weighted by atomic mass is 16.3. The van der Waals surface area contributed by atoms with Crippen LogP contribution in [0.5, 0.6) is 0 Å². The fraction of sp³-hybridized carbons (Fsp3) is 0.667. The summed E-state index contributed by atoms with van der Waals surface area (Å²) in [7, 11) is 0. The van der Waals surface area contributed by atoms with Crippen molar-refractivity contribution < 1.29 is 14.3 Å². The first-order valence-electron chi connectivity index (χ1n) is 7.11. The molecule has 1 saturated heterocycles. The van der Waals surface area contributed by atoms with Crippen molar-refractivity contribution in [2.24, 2.45) is 11.3 Å². The van der Waals surface area contributed by atoms with E-state index in [1.54, 1.807) is 17.2 Å². The van der Waals surface area contributed by atoms with E-state index in [9.17, 15) is 9.90 Å². The van der Waals surface area contributed by atoms with Crippen molar-refractivity contribution >= 4 is 6.03 Å². The van der Waals surface area contributed by atoms with Gasteiger partial charge in [0.15, 0.2) is 0 Å². The molecule has 0 aliphatic carbocycles. The summed E-state index contributed by atoms with van der Waals surface area (Å²) >= 11 is 0. The van der Waals surface area contributed by atoms with Crippen LogP contribution in [0.1, 0.15) is 33.0 Å². The molecule has 2 amide bonds. The van der Waals surface area contributed by atoms with Crippen molar-refractivity contribution in [3.63, 3.8) is 0 Å². The maximum Gasteiger partial charge on any atom is 0.317 e. The predicted molar refractivity (Wildman–Crippen MR) is 76.1 cm³/mol. The first-order chi connectivity index (χ1) is 9.38. The molecule has 0 spiro atoms. The number of aliphatic hydroxyl groups excluding tert-OH is 1. The number of likely N-dealkylation sites (tertiary alicyclic amines) is 1. The van der Waals surface area contributed by atoms with Crippen LogP contribution in [0, 0.1) is 11.3 Å². The summed E-state index contributed by atoms with van der Waals surface area (Å²) in [4.78, 5) is 13.7. The highest BCUT2D eigenvalue weighted by molar-refractivity contribution is 5.74. The second-order valence-electron chi connectivity index (χ2n) is 6.51. The lowest BCUT2D eigenvalue weighted by atomic mass is 9.74. The van der Waals surface area contributed by atoms with E-state index in [2.05, 4.69) is 26.1 Å². The highest BCUT2D eigenvalue weighted by Crippen LogP contribution is 2.34. The molecule has 0 bridgehead atoms. The summed E-state index contributed by atoms with van der Waals surface area (Å²) in [5.74, 6) is 0.958. The second kappa shape index (κ2) is 5.87. The zero-order valence-electron chi connectivity index (χ0n) is 12.4. The molecule has 0 unspecified atom stereocenters. The fourth-order valence-corrected chi connectivity index (χ4v) is 2.81. The molecule has 112 valence electrons. The minimum Gasteiger partial charge on any atom is -0.467 e. The summed E-state index contributed by atoms with van der Waals surface area (Å²) < 4.78 is 5.17. The van der Waals surface area contributed by atoms with Crippen LogP contribution in [0.3, 0.4) is 0 Å². The third kappa shape index (κ3) is 3.54. The Bertz CT molecular complexity index is 436. The molecule has 1 aromatic heterocycles. The van der Waals surface area contributed by atoms with Gasteiger partial charge in [-0.15, -0.1) is 0 Å². The largest absolute Gasteiger partial charge is 0.467 e. The van der Waals surface area contributed by atoms with Gasteiger partial charge in [0.2, 0.25) is 0 Å². The van der Waals surface area contributed by atoms with Crippen LogP contribution in [0.15, 0.2) is 22.8 Å². The van der Waals surface area contributed by atoms with Crippen LogP contribution < -0.4 is 5.32 Å². The molecule has 1 fully saturated rings. The standard InChI is InChI=1S/C15H24N2O3/c1-15(2,3)12-6-7-17(10-13(12)18)14(19)16-9-11-5-4-8-20-11/h4-5,8,12-13,18H,6-7,9-10H2,1-3H3,(H,16,19)/t12-,13+/m0/s1. The van der Waals surface area contributed by atoms with Gasteiger partial charge >= 0.3 is 6.03 Å². The molecule has 1 aliphatic rings. The van der Waals surface area contributed by atoms with E-state index in [1.807, 2.05) is 6.07 Å². The minimum atomic E-state index is -0.460. The van der Waals surface area contributed by atoms with Gasteiger partial charge in [-0.1, -0.05) is 20.8 Å². The van der Waals surface area contributed by atoms with Gasteiger partial charge in [-0.25, -0.2) is 4.79 Å². The van der Waals surface area contributed by atoms with Crippen LogP contribution in [0.4, 0.5) is 4.79 Å². The number of furan rings is 1. The molecule has 2 rings (SSSR count). The zero-order valence-corrected chi connectivity index (χ0v) is 12.4. The SMILES string of the molecule is CC(C)(C)[C@H]1CCN(C(=O)NCc2ccco2)C[C@H]1O. The van der Waals surface area contributed by atoms with Crippen LogP contribution in [0.25, 0.3) is 0 Å². The smallest absolute Gasteiger partial charge is 0.317 e. The summed E-state index contributed by atoms with van der Waals surface area (Å²) in [6.45, 7) is 7.85. The number of nitrogens with one attached hydrogen (secondary N) is 1. The molecule has 2 heterocycles. The lowest BCUT2D eigenvalue weighted by Gasteiger charge is -2.42. The van der Waals surface area contributed by atoms with E-state index >= 15 is 0 Å². The molecule has 0 radical (unpaired) electrons. The number of rotatable bonds is 2. The number of aliphatic hydroxyl groups is 1. The average molecular weight is 280 g/mol. The molecule has 2 N–H and O–H groups in total. The van der Waals surface area contributed by atoms with E-state index in [0.29, 0.717) is 19.6 Å². The molecular weight excluding hydrogens is 256 g/mol. The predicted octanol–water partition coefficient (Wildman–Crippen LogP) is 2.22. The van der Waals surface area contributed by atoms with E-state index in [-0.39, 0.29) is 17.4 Å². The van der Waals surface area contributed by atoms with Crippen molar-refractivity contribution in [1.29, 1.82) is 0 Å². The van der Waals surface area contributed by atoms with E-state index < -0.39 is 6.10 Å². The number of urea groups is 1. The van der Waals surface area contributed by atoms with Gasteiger partial charge in [-0.2, -0.15) is 0 Å². The molecule has 0 saturated carbocycles. The summed E-state index contributed by atoms with van der Waals surface area (Å²) in [6.07, 6.45) is 1.96. The van der Waals surface area contributed by atoms with Gasteiger partial charge in [-0.3, -0.25) is 0 Å². The number of nitrogens with zero attached hydrogens (tertiary/aromatic N) is 1. The molecule has 5 nitrogen and oxygen atoms in total. The van der Waals surface area contributed by atoms with Gasteiger partial charge < -0.3 is 19.7 Å². The van der Waals surface area contributed by atoms with E-state index in [4.69, 9.17) is 4.42 Å². The van der Waals surface area contributed by atoms with E-state index in [0.717, 1.165) is 12.2 Å². The van der Waals surface area contributed by atoms with Crippen molar-refractivity contribution in [2.45, 2.75) is 39.8 Å². The van der Waals surface area contributed by atoms with Crippen molar-refractivity contribution in [3.05, 3.63) is 24.2 Å². The Labute approximate surface area is 119 Å². The molecule has 1 aromatic rings. The number of hydrogen-bond acceptors (Lipinski definition) is 3. The Morgan fingerprint density at radius 3 is 2.85 bits per heavy atom. The van der Waals surface area contributed by atoms with E-state index in [1.165, 1.54) is 0 Å². The number of carbonyl (C=O) groups is 1. The quantitative estimate of drug-likeness (QED) is 0.873. The Morgan fingerprint density at radius 2 is 2.30 bits per heavy atom. The number of amides is 2. The third-order valence-electron chi connectivity index (χ3n) is 3.98. The first kappa shape index (κ1) is 14.9. The van der Waals surface area contributed by atoms with Crippen molar-refractivity contribution in [3.8, 4) is 0 Å². The van der Waals surface area contributed by atoms with Gasteiger partial charge in [0, 0.05) is 13.1 Å². The Hall–Kier alpha value is -1.49. The van der Waals surface area contributed by atoms with Gasteiger partial charge in [0.25, 0.3) is 0 Å². The van der Waals surface area contributed by atoms with Crippen LogP contribution in [-0.4, -0.2) is 35.2 Å². The first-order valence-corrected chi connectivity index (χ1v) is 7.11. The fourth-order valence-electron chi connectivity index (χ4n) is 2.81. The van der Waals surface area contributed by atoms with Crippen molar-refractivity contribution in [1.82, 2.24) is 10.2 Å². The minimum absolute atomic E-state index is 0.0656. The Morgan fingerprint density at radius 1 is 1.55 bits per heavy atom. The van der Waals surface area contributed by atoms with Crippen LogP contribution in [-0.2, 0) is 6.54 Å². The molecule has 2 atom stereocenters. The highest BCUT2D eigenvalue weighted by Gasteiger charge is 2.36. The molecular formula is C15H24N2O3. The normalized spacial score (nSPS) is 23.7. The monoisotopic (exact) mass is 280 g/mol. The Balaban J connectivity index is 1.84. The molecule has 1 aliphatic heterocycles. The number of β-amino-alcohol motifs (C(OH)–C–C–N with tert-alkyl or cyclic N) is 1. The number of carbonyl (C=O) groups excluding carboxylic acids is 1. The lowest BCUT2D eigenvalue weighted by molar-refractivity contribution is -0.0124. The average Bonchev–Trinajstić information content (AvgIpc) is 2.87. The van der Waals surface area contributed by atoms with Gasteiger partial charge in [-0.05, 0) is 29.9 Å². The van der Waals surface area contributed by atoms with Crippen molar-refractivity contribution in [2.75, 3.05) is 13.1 Å². The molecule has 5 heteroatoms. The summed E-state index contributed by atoms with van der Waals surface area (Å²) in [6, 6.07) is 3.47. The lowest BCUT2D eigenvalue weighted by Crippen LogP contribution is -2.52. The third-order valence-corrected chi connectivity index (χ3v) is 3.98. The zero-order chi connectivity index (χ0) is 14.8. The Kier molecular flexibility index (Phi) is 4.38. The van der Waals surface area contributed by atoms with Gasteiger partial charge in [0.1, 0.15) is 5.76 Å². The topological polar surface area (TPSA) is 65.7 Å². The summed E-state index contributed by atoms with van der Waals surface area (Å²) in [5, 5.41) is 13.0. The number of hydrogen-bond donors (Lipinski definition) is 2. The molecule has 20 heavy (non-hydrogen) atoms. The maximum absolute atomic E-state index is 12.1. The maximum atomic E-state index is 12.1. The van der Waals surface area contributed by atoms with Crippen LogP contribution in [0.2, 0.25) is 0 Å². The second-order valence-corrected chi connectivity index (χ2v) is 6.51. The van der Waals surface area contributed by atoms with Gasteiger partial charge in [0.05, 0.1) is 18.9 Å².